The molecule has 0 aliphatic heterocycles. The topological polar surface area (TPSA) is 35.5 Å². The molecule has 0 bridgehead atoms. The van der Waals surface area contributed by atoms with Crippen LogP contribution in [0.3, 0.4) is 0 Å². The first-order valence-corrected chi connectivity index (χ1v) is 10.6. The quantitative estimate of drug-likeness (QED) is 0.505. The lowest BCUT2D eigenvalue weighted by Crippen LogP contribution is -2.50. The highest BCUT2D eigenvalue weighted by Gasteiger charge is 2.51. The number of carbonyl (C=O) groups is 1. The second-order valence-electron chi connectivity index (χ2n) is 8.05. The number of ketones is 1. The molecule has 0 heterocycles. The van der Waals surface area contributed by atoms with Crippen LogP contribution in [-0.2, 0) is 10.2 Å². The van der Waals surface area contributed by atoms with E-state index >= 15 is 0 Å². The molecular formula is C24H40O3. The van der Waals surface area contributed by atoms with E-state index in [1.54, 1.807) is 14.2 Å². The standard InChI is InChI=1S/C22H34O3.C2H6/c1-7-8-9-13-22(14-12-20(23)21(3,4)16(22)2)17-10-11-18(24-5)19(15-17)25-6;1-2/h10-11,15-16H,7-9,12-14H2,1-6H3;1-2H3. The summed E-state index contributed by atoms with van der Waals surface area (Å²) in [6, 6.07) is 6.31. The summed E-state index contributed by atoms with van der Waals surface area (Å²) in [6.07, 6.45) is 6.34. The molecule has 3 heteroatoms. The number of hydrogen-bond donors (Lipinski definition) is 0. The lowest BCUT2D eigenvalue weighted by molar-refractivity contribution is -0.136. The van der Waals surface area contributed by atoms with Crippen molar-refractivity contribution in [2.45, 2.75) is 85.5 Å². The van der Waals surface area contributed by atoms with Crippen molar-refractivity contribution in [2.24, 2.45) is 11.3 Å². The maximum atomic E-state index is 12.6. The highest BCUT2D eigenvalue weighted by molar-refractivity contribution is 5.85. The SMILES string of the molecule is CC.CCCCCC1(c2ccc(OC)c(OC)c2)CCC(=O)C(C)(C)C1C. The maximum Gasteiger partial charge on any atom is 0.161 e. The maximum absolute atomic E-state index is 12.6. The first-order valence-electron chi connectivity index (χ1n) is 10.6. The van der Waals surface area contributed by atoms with E-state index in [0.717, 1.165) is 24.3 Å². The van der Waals surface area contributed by atoms with Crippen molar-refractivity contribution >= 4 is 5.78 Å². The number of benzene rings is 1. The largest absolute Gasteiger partial charge is 0.493 e. The molecular weight excluding hydrogens is 336 g/mol. The second kappa shape index (κ2) is 10.1. The minimum atomic E-state index is -0.294. The van der Waals surface area contributed by atoms with Crippen LogP contribution in [0.5, 0.6) is 11.5 Å². The Labute approximate surface area is 166 Å². The summed E-state index contributed by atoms with van der Waals surface area (Å²) in [5.74, 6) is 2.22. The van der Waals surface area contributed by atoms with Crippen molar-refractivity contribution in [1.82, 2.24) is 0 Å². The Bertz CT molecular complexity index is 606. The van der Waals surface area contributed by atoms with Crippen molar-refractivity contribution in [2.75, 3.05) is 14.2 Å². The first kappa shape index (κ1) is 23.5. The van der Waals surface area contributed by atoms with Gasteiger partial charge in [0.2, 0.25) is 0 Å². The van der Waals surface area contributed by atoms with Crippen molar-refractivity contribution in [1.29, 1.82) is 0 Å². The van der Waals surface area contributed by atoms with Gasteiger partial charge in [0.15, 0.2) is 11.5 Å². The normalized spacial score (nSPS) is 24.0. The number of hydrogen-bond acceptors (Lipinski definition) is 3. The summed E-state index contributed by atoms with van der Waals surface area (Å²) >= 11 is 0. The zero-order valence-electron chi connectivity index (χ0n) is 18.8. The molecule has 2 rings (SSSR count). The molecule has 0 radical (unpaired) electrons. The molecule has 3 nitrogen and oxygen atoms in total. The minimum Gasteiger partial charge on any atom is -0.493 e. The Balaban J connectivity index is 0.00000176. The van der Waals surface area contributed by atoms with Crippen LogP contribution in [0.1, 0.15) is 85.6 Å². The Hall–Kier alpha value is -1.51. The van der Waals surface area contributed by atoms with E-state index in [4.69, 9.17) is 9.47 Å². The molecule has 154 valence electrons. The third kappa shape index (κ3) is 4.67. The molecule has 1 fully saturated rings. The van der Waals surface area contributed by atoms with E-state index in [2.05, 4.69) is 39.8 Å². The van der Waals surface area contributed by atoms with Crippen LogP contribution in [0, 0.1) is 11.3 Å². The predicted octanol–water partition coefficient (Wildman–Crippen LogP) is 6.57. The van der Waals surface area contributed by atoms with Gasteiger partial charge in [0.1, 0.15) is 5.78 Å². The summed E-state index contributed by atoms with van der Waals surface area (Å²) < 4.78 is 11.0. The van der Waals surface area contributed by atoms with Crippen LogP contribution < -0.4 is 9.47 Å². The molecule has 2 atom stereocenters. The number of Topliss-reactive ketones (excluding diaryl/α,β-unsaturated/α-hetero) is 1. The van der Waals surface area contributed by atoms with Gasteiger partial charge in [-0.3, -0.25) is 4.79 Å². The molecule has 0 amide bonds. The molecule has 0 N–H and O–H groups in total. The van der Waals surface area contributed by atoms with E-state index in [-0.39, 0.29) is 16.7 Å². The van der Waals surface area contributed by atoms with E-state index in [0.29, 0.717) is 12.2 Å². The van der Waals surface area contributed by atoms with Gasteiger partial charge in [-0.1, -0.05) is 66.9 Å². The van der Waals surface area contributed by atoms with E-state index in [9.17, 15) is 4.79 Å². The van der Waals surface area contributed by atoms with Gasteiger partial charge < -0.3 is 9.47 Å². The van der Waals surface area contributed by atoms with Gasteiger partial charge in [0, 0.05) is 11.8 Å². The highest BCUT2D eigenvalue weighted by atomic mass is 16.5. The van der Waals surface area contributed by atoms with Gasteiger partial charge in [0.25, 0.3) is 0 Å². The number of ether oxygens (including phenoxy) is 2. The Morgan fingerprint density at radius 1 is 1.07 bits per heavy atom. The van der Waals surface area contributed by atoms with Crippen molar-refractivity contribution in [3.63, 3.8) is 0 Å². The summed E-state index contributed by atoms with van der Waals surface area (Å²) in [6.45, 7) is 12.7. The third-order valence-corrected chi connectivity index (χ3v) is 6.61. The molecule has 0 aromatic heterocycles. The van der Waals surface area contributed by atoms with Crippen LogP contribution in [-0.4, -0.2) is 20.0 Å². The first-order chi connectivity index (χ1) is 12.8. The monoisotopic (exact) mass is 376 g/mol. The smallest absolute Gasteiger partial charge is 0.161 e. The van der Waals surface area contributed by atoms with E-state index < -0.39 is 0 Å². The van der Waals surface area contributed by atoms with Crippen molar-refractivity contribution in [3.8, 4) is 11.5 Å². The van der Waals surface area contributed by atoms with E-state index in [1.165, 1.54) is 24.8 Å². The van der Waals surface area contributed by atoms with Gasteiger partial charge in [-0.2, -0.15) is 0 Å². The molecule has 27 heavy (non-hydrogen) atoms. The molecule has 1 aliphatic rings. The molecule has 1 aromatic carbocycles. The molecule has 1 aliphatic carbocycles. The van der Waals surface area contributed by atoms with Crippen LogP contribution in [0.15, 0.2) is 18.2 Å². The Morgan fingerprint density at radius 3 is 2.26 bits per heavy atom. The minimum absolute atomic E-state index is 0.0200. The van der Waals surface area contributed by atoms with Crippen LogP contribution in [0.4, 0.5) is 0 Å². The number of unbranched alkanes of at least 4 members (excludes halogenated alkanes) is 2. The number of carbonyl (C=O) groups excluding carboxylic acids is 1. The van der Waals surface area contributed by atoms with Gasteiger partial charge >= 0.3 is 0 Å². The van der Waals surface area contributed by atoms with Crippen LogP contribution in [0.2, 0.25) is 0 Å². The predicted molar refractivity (Wildman–Crippen MR) is 114 cm³/mol. The Morgan fingerprint density at radius 2 is 1.70 bits per heavy atom. The molecule has 2 unspecified atom stereocenters. The lowest BCUT2D eigenvalue weighted by atomic mass is 9.52. The van der Waals surface area contributed by atoms with Crippen molar-refractivity contribution < 1.29 is 14.3 Å². The zero-order chi connectivity index (χ0) is 20.7. The van der Waals surface area contributed by atoms with Crippen molar-refractivity contribution in [3.05, 3.63) is 23.8 Å². The van der Waals surface area contributed by atoms with Gasteiger partial charge in [-0.15, -0.1) is 0 Å². The lowest BCUT2D eigenvalue weighted by Gasteiger charge is -2.51. The number of rotatable bonds is 7. The number of methoxy groups -OCH3 is 2. The van der Waals surface area contributed by atoms with Crippen LogP contribution >= 0.6 is 0 Å². The molecule has 0 spiro atoms. The fourth-order valence-corrected chi connectivity index (χ4v) is 4.52. The fraction of sp³-hybridized carbons (Fsp3) is 0.708. The third-order valence-electron chi connectivity index (χ3n) is 6.61. The summed E-state index contributed by atoms with van der Waals surface area (Å²) in [7, 11) is 3.35. The highest BCUT2D eigenvalue weighted by Crippen LogP contribution is 2.54. The second-order valence-corrected chi connectivity index (χ2v) is 8.05. The summed E-state index contributed by atoms with van der Waals surface area (Å²) in [5.41, 5.74) is 1.01. The zero-order valence-corrected chi connectivity index (χ0v) is 18.8. The molecule has 1 saturated carbocycles. The van der Waals surface area contributed by atoms with E-state index in [1.807, 2.05) is 19.9 Å². The average Bonchev–Trinajstić information content (AvgIpc) is 2.69. The summed E-state index contributed by atoms with van der Waals surface area (Å²) in [4.78, 5) is 12.6. The molecule has 1 aromatic rings. The molecule has 0 saturated heterocycles. The summed E-state index contributed by atoms with van der Waals surface area (Å²) in [5, 5.41) is 0. The van der Waals surface area contributed by atoms with Gasteiger partial charge in [0.05, 0.1) is 14.2 Å². The van der Waals surface area contributed by atoms with Crippen LogP contribution in [0.25, 0.3) is 0 Å². The fourth-order valence-electron chi connectivity index (χ4n) is 4.52. The Kier molecular flexibility index (Phi) is 8.84. The van der Waals surface area contributed by atoms with Gasteiger partial charge in [-0.25, -0.2) is 0 Å². The average molecular weight is 377 g/mol. The van der Waals surface area contributed by atoms with Gasteiger partial charge in [-0.05, 0) is 41.9 Å².